The van der Waals surface area contributed by atoms with Crippen LogP contribution in [0.5, 0.6) is 0 Å². The molecule has 0 aliphatic carbocycles. The van der Waals surface area contributed by atoms with Gasteiger partial charge in [0.2, 0.25) is 0 Å². The van der Waals surface area contributed by atoms with E-state index in [4.69, 9.17) is 4.42 Å². The van der Waals surface area contributed by atoms with Crippen molar-refractivity contribution in [1.29, 1.82) is 0 Å². The number of carbonyl (C=O) groups excluding carboxylic acids is 2. The van der Waals surface area contributed by atoms with Crippen LogP contribution in [0.4, 0.5) is 11.7 Å². The van der Waals surface area contributed by atoms with Gasteiger partial charge in [-0.3, -0.25) is 14.9 Å². The Morgan fingerprint density at radius 3 is 2.84 bits per heavy atom. The Bertz CT molecular complexity index is 1050. The molecule has 4 rings (SSSR count). The maximum absolute atomic E-state index is 12.3. The lowest BCUT2D eigenvalue weighted by Gasteiger charge is -2.02. The van der Waals surface area contributed by atoms with Crippen molar-refractivity contribution < 1.29 is 14.0 Å². The van der Waals surface area contributed by atoms with Crippen LogP contribution in [-0.2, 0) is 0 Å². The smallest absolute Gasteiger partial charge is 0.302 e. The second-order valence-corrected chi connectivity index (χ2v) is 6.20. The van der Waals surface area contributed by atoms with Gasteiger partial charge in [-0.05, 0) is 23.6 Å². The molecule has 0 aliphatic heterocycles. The lowest BCUT2D eigenvalue weighted by Crippen LogP contribution is -2.14. The van der Waals surface area contributed by atoms with E-state index in [0.717, 1.165) is 11.7 Å². The van der Waals surface area contributed by atoms with Crippen molar-refractivity contribution in [1.82, 2.24) is 13.7 Å². The van der Waals surface area contributed by atoms with Crippen molar-refractivity contribution in [3.8, 4) is 0 Å². The first-order valence-corrected chi connectivity index (χ1v) is 8.70. The van der Waals surface area contributed by atoms with Crippen molar-refractivity contribution in [2.75, 3.05) is 10.6 Å². The molecule has 0 unspecified atom stereocenters. The Morgan fingerprint density at radius 1 is 1.08 bits per heavy atom. The fourth-order valence-electron chi connectivity index (χ4n) is 2.09. The number of fused-ring (bicyclic) bond motifs is 1. The van der Waals surface area contributed by atoms with Gasteiger partial charge in [-0.1, -0.05) is 6.07 Å². The van der Waals surface area contributed by atoms with E-state index < -0.39 is 5.91 Å². The fourth-order valence-corrected chi connectivity index (χ4v) is 3.28. The summed E-state index contributed by atoms with van der Waals surface area (Å²) in [5, 5.41) is 8.70. The number of oxazole rings is 1. The van der Waals surface area contributed by atoms with E-state index in [1.165, 1.54) is 17.6 Å². The van der Waals surface area contributed by atoms with Gasteiger partial charge in [0.05, 0.1) is 23.0 Å². The van der Waals surface area contributed by atoms with Crippen molar-refractivity contribution in [2.24, 2.45) is 0 Å². The van der Waals surface area contributed by atoms with Crippen LogP contribution in [0.15, 0.2) is 45.7 Å². The number of nitrogens with zero attached hydrogens (tertiary/aromatic N) is 3. The van der Waals surface area contributed by atoms with Gasteiger partial charge in [-0.15, -0.1) is 0 Å². The zero-order valence-corrected chi connectivity index (χ0v) is 14.1. The van der Waals surface area contributed by atoms with Crippen molar-refractivity contribution in [3.05, 3.63) is 52.5 Å². The average Bonchev–Trinajstić information content (AvgIpc) is 3.36. The molecule has 0 bridgehead atoms. The van der Waals surface area contributed by atoms with Crippen LogP contribution in [-0.4, -0.2) is 25.5 Å². The highest BCUT2D eigenvalue weighted by molar-refractivity contribution is 7.08. The number of anilines is 2. The van der Waals surface area contributed by atoms with Crippen LogP contribution in [0, 0.1) is 0 Å². The summed E-state index contributed by atoms with van der Waals surface area (Å²) in [7, 11) is 0. The number of nitrogens with one attached hydrogen (secondary N) is 2. The first-order valence-electron chi connectivity index (χ1n) is 7.02. The lowest BCUT2D eigenvalue weighted by atomic mass is 10.2. The SMILES string of the molecule is O=C(Nc1nc(C(=O)Nc2cccc3nsnc23)co1)c1ccsc1. The molecule has 0 aliphatic rings. The quantitative estimate of drug-likeness (QED) is 0.570. The highest BCUT2D eigenvalue weighted by atomic mass is 32.1. The van der Waals surface area contributed by atoms with Gasteiger partial charge in [-0.25, -0.2) is 0 Å². The Morgan fingerprint density at radius 2 is 2.00 bits per heavy atom. The molecule has 3 heterocycles. The summed E-state index contributed by atoms with van der Waals surface area (Å²) in [5.74, 6) is -0.825. The topological polar surface area (TPSA) is 110 Å². The zero-order chi connectivity index (χ0) is 17.2. The summed E-state index contributed by atoms with van der Waals surface area (Å²) in [6.45, 7) is 0. The minimum atomic E-state index is -0.472. The number of rotatable bonds is 4. The molecule has 0 saturated heterocycles. The van der Waals surface area contributed by atoms with Crippen molar-refractivity contribution in [2.45, 2.75) is 0 Å². The molecule has 0 fully saturated rings. The van der Waals surface area contributed by atoms with E-state index in [1.807, 2.05) is 6.07 Å². The number of carbonyl (C=O) groups is 2. The molecule has 124 valence electrons. The first-order chi connectivity index (χ1) is 12.2. The number of hydrogen-bond acceptors (Lipinski definition) is 8. The Balaban J connectivity index is 1.49. The van der Waals surface area contributed by atoms with Gasteiger partial charge in [-0.2, -0.15) is 25.1 Å². The van der Waals surface area contributed by atoms with Crippen molar-refractivity contribution >= 4 is 57.6 Å². The molecule has 10 heteroatoms. The van der Waals surface area contributed by atoms with Gasteiger partial charge in [0.25, 0.3) is 11.8 Å². The third kappa shape index (κ3) is 3.12. The maximum Gasteiger partial charge on any atom is 0.302 e. The van der Waals surface area contributed by atoms with Crippen LogP contribution in [0.1, 0.15) is 20.8 Å². The van der Waals surface area contributed by atoms with E-state index in [1.54, 1.807) is 29.0 Å². The summed E-state index contributed by atoms with van der Waals surface area (Å²) in [6.07, 6.45) is 1.18. The standard InChI is InChI=1S/C15H9N5O3S2/c21-13(8-4-5-24-7-8)18-15-17-11(6-23-15)14(22)16-9-2-1-3-10-12(9)20-25-19-10/h1-7H,(H,16,22)(H,17,18,21). The minimum absolute atomic E-state index is 0.0424. The summed E-state index contributed by atoms with van der Waals surface area (Å²) in [6, 6.07) is 6.94. The third-order valence-electron chi connectivity index (χ3n) is 3.27. The average molecular weight is 371 g/mol. The van der Waals surface area contributed by atoms with Gasteiger partial charge in [0.15, 0.2) is 5.69 Å². The van der Waals surface area contributed by atoms with Gasteiger partial charge >= 0.3 is 6.01 Å². The number of hydrogen-bond donors (Lipinski definition) is 2. The zero-order valence-electron chi connectivity index (χ0n) is 12.4. The molecule has 0 atom stereocenters. The molecule has 4 aromatic rings. The number of benzene rings is 1. The predicted molar refractivity (Wildman–Crippen MR) is 94.1 cm³/mol. The van der Waals surface area contributed by atoms with Crippen LogP contribution in [0.2, 0.25) is 0 Å². The Hall–Kier alpha value is -3.11. The molecule has 1 aromatic carbocycles. The van der Waals surface area contributed by atoms with Crippen molar-refractivity contribution in [3.63, 3.8) is 0 Å². The number of amides is 2. The first kappa shape index (κ1) is 15.4. The van der Waals surface area contributed by atoms with E-state index in [-0.39, 0.29) is 17.6 Å². The third-order valence-corrected chi connectivity index (χ3v) is 4.50. The minimum Gasteiger partial charge on any atom is -0.431 e. The molecule has 25 heavy (non-hydrogen) atoms. The Labute approximate surface area is 148 Å². The molecule has 2 amide bonds. The van der Waals surface area contributed by atoms with E-state index in [9.17, 15) is 9.59 Å². The van der Waals surface area contributed by atoms with E-state index in [2.05, 4.69) is 24.4 Å². The highest BCUT2D eigenvalue weighted by Gasteiger charge is 2.16. The van der Waals surface area contributed by atoms with Crippen LogP contribution in [0.25, 0.3) is 11.0 Å². The second-order valence-electron chi connectivity index (χ2n) is 4.90. The van der Waals surface area contributed by atoms with Gasteiger partial charge in [0, 0.05) is 5.38 Å². The summed E-state index contributed by atoms with van der Waals surface area (Å²) < 4.78 is 13.4. The van der Waals surface area contributed by atoms with E-state index >= 15 is 0 Å². The monoisotopic (exact) mass is 371 g/mol. The summed E-state index contributed by atoms with van der Waals surface area (Å²) in [4.78, 5) is 28.2. The molecule has 2 N–H and O–H groups in total. The molecule has 8 nitrogen and oxygen atoms in total. The molecular weight excluding hydrogens is 362 g/mol. The number of thiophene rings is 1. The summed E-state index contributed by atoms with van der Waals surface area (Å²) >= 11 is 2.47. The largest absolute Gasteiger partial charge is 0.431 e. The van der Waals surface area contributed by atoms with Gasteiger partial charge < -0.3 is 9.73 Å². The highest BCUT2D eigenvalue weighted by Crippen LogP contribution is 2.22. The lowest BCUT2D eigenvalue weighted by molar-refractivity contribution is 0.101. The molecule has 3 aromatic heterocycles. The van der Waals surface area contributed by atoms with Gasteiger partial charge in [0.1, 0.15) is 17.3 Å². The van der Waals surface area contributed by atoms with E-state index in [0.29, 0.717) is 22.3 Å². The summed E-state index contributed by atoms with van der Waals surface area (Å²) in [5.41, 5.74) is 2.38. The molecule has 0 spiro atoms. The van der Waals surface area contributed by atoms with Crippen LogP contribution >= 0.6 is 23.1 Å². The Kier molecular flexibility index (Phi) is 3.96. The van der Waals surface area contributed by atoms with Crippen LogP contribution < -0.4 is 10.6 Å². The number of aromatic nitrogens is 3. The molecule has 0 saturated carbocycles. The second kappa shape index (κ2) is 6.42. The normalized spacial score (nSPS) is 10.7. The maximum atomic E-state index is 12.3. The molecular formula is C15H9N5O3S2. The molecule has 0 radical (unpaired) electrons. The van der Waals surface area contributed by atoms with Crippen LogP contribution in [0.3, 0.4) is 0 Å². The predicted octanol–water partition coefficient (Wildman–Crippen LogP) is 3.25. The fraction of sp³-hybridized carbons (Fsp3) is 0.